The van der Waals surface area contributed by atoms with Crippen molar-refractivity contribution in [3.8, 4) is 11.1 Å². The molecule has 7 rings (SSSR count). The Bertz CT molecular complexity index is 1960. The van der Waals surface area contributed by atoms with Crippen LogP contribution in [0.4, 0.5) is 17.1 Å². The molecule has 0 unspecified atom stereocenters. The van der Waals surface area contributed by atoms with Crippen LogP contribution in [-0.2, 0) is 5.41 Å². The minimum absolute atomic E-state index is 0.0218. The van der Waals surface area contributed by atoms with Gasteiger partial charge in [0.2, 0.25) is 0 Å². The first-order valence-corrected chi connectivity index (χ1v) is 16.1. The van der Waals surface area contributed by atoms with Crippen LogP contribution < -0.4 is 4.90 Å². The number of hydrogen-bond donors (Lipinski definition) is 0. The highest BCUT2D eigenvalue weighted by molar-refractivity contribution is 7.26. The normalized spacial score (nSPS) is 13.8. The third-order valence-electron chi connectivity index (χ3n) is 8.75. The Morgan fingerprint density at radius 3 is 1.91 bits per heavy atom. The fraction of sp³-hybridized carbons (Fsp3) is 0.171. The largest absolute Gasteiger partial charge is 0.309 e. The lowest BCUT2D eigenvalue weighted by Gasteiger charge is -2.26. The lowest BCUT2D eigenvalue weighted by molar-refractivity contribution is 0.640. The zero-order valence-electron chi connectivity index (χ0n) is 26.0. The first kappa shape index (κ1) is 28.7. The van der Waals surface area contributed by atoms with E-state index in [-0.39, 0.29) is 5.41 Å². The molecular formula is C41H39NS. The van der Waals surface area contributed by atoms with Gasteiger partial charge in [0.1, 0.15) is 0 Å². The zero-order valence-corrected chi connectivity index (χ0v) is 26.8. The average molecular weight is 578 g/mol. The maximum absolute atomic E-state index is 2.41. The van der Waals surface area contributed by atoms with E-state index in [4.69, 9.17) is 0 Å². The van der Waals surface area contributed by atoms with Gasteiger partial charge in [0.15, 0.2) is 0 Å². The lowest BCUT2D eigenvalue weighted by atomic mass is 9.82. The Kier molecular flexibility index (Phi) is 7.81. The first-order valence-electron chi connectivity index (χ1n) is 15.3. The molecule has 1 heterocycles. The van der Waals surface area contributed by atoms with Crippen molar-refractivity contribution < 1.29 is 0 Å². The van der Waals surface area contributed by atoms with Gasteiger partial charge in [0.25, 0.3) is 0 Å². The van der Waals surface area contributed by atoms with Crippen LogP contribution in [0.3, 0.4) is 0 Å². The summed E-state index contributed by atoms with van der Waals surface area (Å²) >= 11 is 1.93. The van der Waals surface area contributed by atoms with Crippen molar-refractivity contribution in [2.24, 2.45) is 0 Å². The summed E-state index contributed by atoms with van der Waals surface area (Å²) in [7, 11) is 0. The predicted octanol–water partition coefficient (Wildman–Crippen LogP) is 12.9. The Balaban J connectivity index is 0.00000161. The van der Waals surface area contributed by atoms with E-state index in [0.29, 0.717) is 0 Å². The van der Waals surface area contributed by atoms with Gasteiger partial charge >= 0.3 is 0 Å². The predicted molar refractivity (Wildman–Crippen MR) is 191 cm³/mol. The summed E-state index contributed by atoms with van der Waals surface area (Å²) in [5.74, 6) is 0. The second-order valence-electron chi connectivity index (χ2n) is 11.4. The van der Waals surface area contributed by atoms with Crippen molar-refractivity contribution >= 4 is 54.1 Å². The summed E-state index contributed by atoms with van der Waals surface area (Å²) in [6.45, 7) is 13.1. The van der Waals surface area contributed by atoms with E-state index in [1.54, 1.807) is 0 Å². The molecule has 214 valence electrons. The van der Waals surface area contributed by atoms with Crippen LogP contribution in [0.15, 0.2) is 133 Å². The summed E-state index contributed by atoms with van der Waals surface area (Å²) in [5.41, 5.74) is 11.7. The van der Waals surface area contributed by atoms with Crippen LogP contribution >= 0.6 is 11.3 Å². The van der Waals surface area contributed by atoms with Gasteiger partial charge in [-0.3, -0.25) is 0 Å². The third kappa shape index (κ3) is 4.80. The standard InChI is InChI=1S/C39H33NS.C2H6/c1-5-13-31-26(2)39(3,4)34-25-24-33-32-18-12-19-35(37(32)41-38(33)36(31)34)40(29-16-10-7-11-17-29)30-22-20-28(21-23-30)27-14-8-6-9-15-27;1-2/h5-25H,1-4H3;1-2H3/b13-5-;. The summed E-state index contributed by atoms with van der Waals surface area (Å²) in [6.07, 6.45) is 4.48. The number of rotatable bonds is 5. The van der Waals surface area contributed by atoms with Crippen LogP contribution in [0.5, 0.6) is 0 Å². The average Bonchev–Trinajstić information content (AvgIpc) is 3.53. The number of benzene rings is 5. The molecule has 6 aromatic rings. The van der Waals surface area contributed by atoms with E-state index in [1.165, 1.54) is 59.3 Å². The maximum Gasteiger partial charge on any atom is 0.0640 e. The molecule has 0 aliphatic heterocycles. The van der Waals surface area contributed by atoms with E-state index in [0.717, 1.165) is 11.4 Å². The van der Waals surface area contributed by atoms with E-state index in [2.05, 4.69) is 160 Å². The van der Waals surface area contributed by atoms with Gasteiger partial charge in [-0.15, -0.1) is 11.3 Å². The highest BCUT2D eigenvalue weighted by Crippen LogP contribution is 2.53. The van der Waals surface area contributed by atoms with Gasteiger partial charge in [-0.1, -0.05) is 130 Å². The summed E-state index contributed by atoms with van der Waals surface area (Å²) < 4.78 is 2.70. The number of nitrogens with zero attached hydrogens (tertiary/aromatic N) is 1. The Hall–Kier alpha value is -4.40. The maximum atomic E-state index is 2.41. The third-order valence-corrected chi connectivity index (χ3v) is 10.0. The number of hydrogen-bond acceptors (Lipinski definition) is 2. The van der Waals surface area contributed by atoms with Gasteiger partial charge in [-0.05, 0) is 66.4 Å². The van der Waals surface area contributed by atoms with Gasteiger partial charge < -0.3 is 4.90 Å². The molecule has 0 N–H and O–H groups in total. The molecule has 0 saturated carbocycles. The number of thiophene rings is 1. The van der Waals surface area contributed by atoms with Crippen molar-refractivity contribution in [3.63, 3.8) is 0 Å². The summed E-state index contributed by atoms with van der Waals surface area (Å²) in [5, 5.41) is 2.65. The monoisotopic (exact) mass is 577 g/mol. The van der Waals surface area contributed by atoms with Crippen molar-refractivity contribution in [2.75, 3.05) is 4.90 Å². The molecule has 0 bridgehead atoms. The summed E-state index contributed by atoms with van der Waals surface area (Å²) in [6, 6.07) is 41.8. The highest BCUT2D eigenvalue weighted by atomic mass is 32.1. The molecule has 1 aromatic heterocycles. The van der Waals surface area contributed by atoms with Crippen molar-refractivity contribution in [2.45, 2.75) is 47.0 Å². The van der Waals surface area contributed by atoms with Crippen LogP contribution in [-0.4, -0.2) is 0 Å². The van der Waals surface area contributed by atoms with Gasteiger partial charge in [-0.25, -0.2) is 0 Å². The number of anilines is 3. The quantitative estimate of drug-likeness (QED) is 0.197. The lowest BCUT2D eigenvalue weighted by Crippen LogP contribution is -2.15. The molecule has 0 amide bonds. The topological polar surface area (TPSA) is 3.24 Å². The molecule has 43 heavy (non-hydrogen) atoms. The van der Waals surface area contributed by atoms with Crippen molar-refractivity contribution in [1.82, 2.24) is 0 Å². The summed E-state index contributed by atoms with van der Waals surface area (Å²) in [4.78, 5) is 2.41. The van der Waals surface area contributed by atoms with Crippen molar-refractivity contribution in [3.05, 3.63) is 144 Å². The Labute approximate surface area is 260 Å². The molecule has 0 saturated heterocycles. The van der Waals surface area contributed by atoms with E-state index in [9.17, 15) is 0 Å². The van der Waals surface area contributed by atoms with Gasteiger partial charge in [0, 0.05) is 37.8 Å². The smallest absolute Gasteiger partial charge is 0.0640 e. The zero-order chi connectivity index (χ0) is 30.1. The molecule has 5 aromatic carbocycles. The molecule has 1 aliphatic carbocycles. The SMILES string of the molecule is C/C=C\C1=C(C)C(C)(C)c2ccc3c(sc4c(N(c5ccccc5)c5ccc(-c6ccccc6)cc5)cccc43)c21.CC. The van der Waals surface area contributed by atoms with Crippen LogP contribution in [0.25, 0.3) is 36.9 Å². The molecule has 0 atom stereocenters. The molecular weight excluding hydrogens is 539 g/mol. The van der Waals surface area contributed by atoms with E-state index in [1.807, 2.05) is 25.2 Å². The fourth-order valence-electron chi connectivity index (χ4n) is 6.35. The number of allylic oxidation sites excluding steroid dienone is 4. The van der Waals surface area contributed by atoms with Gasteiger partial charge in [-0.2, -0.15) is 0 Å². The molecule has 1 aliphatic rings. The number of fused-ring (bicyclic) bond motifs is 5. The van der Waals surface area contributed by atoms with Crippen LogP contribution in [0, 0.1) is 0 Å². The molecule has 1 nitrogen and oxygen atoms in total. The van der Waals surface area contributed by atoms with Crippen LogP contribution in [0.1, 0.15) is 52.7 Å². The molecule has 0 radical (unpaired) electrons. The fourth-order valence-corrected chi connectivity index (χ4v) is 7.72. The van der Waals surface area contributed by atoms with Gasteiger partial charge in [0.05, 0.1) is 10.4 Å². The minimum Gasteiger partial charge on any atom is -0.309 e. The second kappa shape index (κ2) is 11.7. The molecule has 2 heteroatoms. The number of para-hydroxylation sites is 1. The Morgan fingerprint density at radius 1 is 0.628 bits per heavy atom. The van der Waals surface area contributed by atoms with E-state index < -0.39 is 0 Å². The molecule has 0 fully saturated rings. The Morgan fingerprint density at radius 2 is 1.23 bits per heavy atom. The van der Waals surface area contributed by atoms with Crippen molar-refractivity contribution in [1.29, 1.82) is 0 Å². The first-order chi connectivity index (χ1) is 21.0. The van der Waals surface area contributed by atoms with E-state index >= 15 is 0 Å². The second-order valence-corrected chi connectivity index (χ2v) is 12.4. The molecule has 0 spiro atoms. The minimum atomic E-state index is 0.0218. The highest BCUT2D eigenvalue weighted by Gasteiger charge is 2.36. The van der Waals surface area contributed by atoms with Crippen LogP contribution in [0.2, 0.25) is 0 Å².